The highest BCUT2D eigenvalue weighted by molar-refractivity contribution is 8.01. The van der Waals surface area contributed by atoms with Crippen molar-refractivity contribution < 1.29 is 14.4 Å². The molecular formula is C26H31N3O3S. The van der Waals surface area contributed by atoms with Gasteiger partial charge in [0.2, 0.25) is 11.8 Å². The minimum absolute atomic E-state index is 0.133. The maximum Gasteiger partial charge on any atom is 0.250 e. The zero-order valence-electron chi connectivity index (χ0n) is 19.3. The fraction of sp³-hybridized carbons (Fsp3) is 0.423. The van der Waals surface area contributed by atoms with E-state index in [1.54, 1.807) is 0 Å². The highest BCUT2D eigenvalue weighted by Crippen LogP contribution is 2.40. The Morgan fingerprint density at radius 2 is 1.67 bits per heavy atom. The number of nitrogens with one attached hydrogen (secondary N) is 1. The Morgan fingerprint density at radius 1 is 1.00 bits per heavy atom. The summed E-state index contributed by atoms with van der Waals surface area (Å²) < 4.78 is 0. The smallest absolute Gasteiger partial charge is 0.250 e. The molecule has 2 aliphatic rings. The van der Waals surface area contributed by atoms with Crippen molar-refractivity contribution in [2.24, 2.45) is 0 Å². The molecule has 0 spiro atoms. The highest BCUT2D eigenvalue weighted by atomic mass is 32.2. The molecule has 1 atom stereocenters. The molecule has 0 aromatic heterocycles. The third-order valence-corrected chi connectivity index (χ3v) is 7.43. The standard InChI is InChI=1S/C26H31N3O3S/c1-18(2)19-11-13-20(14-12-19)27-23(30)17-29-21-9-5-6-10-22(21)33-24(26(29)32)25(31)28-15-7-3-4-8-16-28/h5-6,9-14,18,24H,3-4,7-8,15-17H2,1-2H3,(H,27,30)/t24-/m0/s1. The Hall–Kier alpha value is -2.80. The number of rotatable bonds is 5. The molecule has 2 aromatic rings. The molecule has 3 amide bonds. The first-order valence-electron chi connectivity index (χ1n) is 11.7. The number of anilines is 2. The molecule has 6 nitrogen and oxygen atoms in total. The molecular weight excluding hydrogens is 434 g/mol. The second kappa shape index (κ2) is 10.4. The first-order chi connectivity index (χ1) is 15.9. The Bertz CT molecular complexity index is 1010. The summed E-state index contributed by atoms with van der Waals surface area (Å²) in [5.74, 6) is -0.342. The van der Waals surface area contributed by atoms with E-state index < -0.39 is 5.25 Å². The Labute approximate surface area is 199 Å². The van der Waals surface area contributed by atoms with Crippen LogP contribution in [0, 0.1) is 0 Å². The molecule has 2 aliphatic heterocycles. The molecule has 2 heterocycles. The Morgan fingerprint density at radius 3 is 2.33 bits per heavy atom. The monoisotopic (exact) mass is 465 g/mol. The lowest BCUT2D eigenvalue weighted by molar-refractivity contribution is -0.135. The van der Waals surface area contributed by atoms with Gasteiger partial charge in [0, 0.05) is 23.7 Å². The van der Waals surface area contributed by atoms with Crippen LogP contribution in [0.3, 0.4) is 0 Å². The van der Waals surface area contributed by atoms with E-state index in [4.69, 9.17) is 0 Å². The number of hydrogen-bond donors (Lipinski definition) is 1. The van der Waals surface area contributed by atoms with Crippen LogP contribution in [-0.2, 0) is 14.4 Å². The van der Waals surface area contributed by atoms with Gasteiger partial charge in [0.1, 0.15) is 6.54 Å². The number of nitrogens with zero attached hydrogens (tertiary/aromatic N) is 2. The van der Waals surface area contributed by atoms with Gasteiger partial charge in [0.15, 0.2) is 5.25 Å². The van der Waals surface area contributed by atoms with Crippen molar-refractivity contribution in [3.8, 4) is 0 Å². The average Bonchev–Trinajstić information content (AvgIpc) is 3.10. The van der Waals surface area contributed by atoms with Gasteiger partial charge < -0.3 is 15.1 Å². The molecule has 0 saturated carbocycles. The van der Waals surface area contributed by atoms with Crippen LogP contribution in [0.1, 0.15) is 51.0 Å². The Kier molecular flexibility index (Phi) is 7.38. The van der Waals surface area contributed by atoms with Gasteiger partial charge in [-0.1, -0.05) is 51.0 Å². The SMILES string of the molecule is CC(C)c1ccc(NC(=O)CN2C(=O)[C@H](C(=O)N3CCCCCC3)Sc3ccccc32)cc1. The van der Waals surface area contributed by atoms with Crippen LogP contribution < -0.4 is 10.2 Å². The van der Waals surface area contributed by atoms with Crippen molar-refractivity contribution >= 4 is 40.9 Å². The van der Waals surface area contributed by atoms with Crippen LogP contribution in [0.25, 0.3) is 0 Å². The minimum atomic E-state index is -0.851. The number of carbonyl (C=O) groups is 3. The summed E-state index contributed by atoms with van der Waals surface area (Å²) in [4.78, 5) is 43.7. The third kappa shape index (κ3) is 5.41. The van der Waals surface area contributed by atoms with Gasteiger partial charge in [0.05, 0.1) is 5.69 Å². The van der Waals surface area contributed by atoms with Crippen LogP contribution in [0.2, 0.25) is 0 Å². The lowest BCUT2D eigenvalue weighted by Gasteiger charge is -2.34. The first kappa shape index (κ1) is 23.4. The number of fused-ring (bicyclic) bond motifs is 1. The van der Waals surface area contributed by atoms with Gasteiger partial charge in [-0.25, -0.2) is 0 Å². The summed E-state index contributed by atoms with van der Waals surface area (Å²) >= 11 is 1.30. The molecule has 4 rings (SSSR count). The summed E-state index contributed by atoms with van der Waals surface area (Å²) in [6.45, 7) is 5.49. The summed E-state index contributed by atoms with van der Waals surface area (Å²) in [5, 5.41) is 2.04. The third-order valence-electron chi connectivity index (χ3n) is 6.20. The van der Waals surface area contributed by atoms with Crippen LogP contribution in [0.4, 0.5) is 11.4 Å². The van der Waals surface area contributed by atoms with E-state index in [2.05, 4.69) is 19.2 Å². The lowest BCUT2D eigenvalue weighted by atomic mass is 10.0. The van der Waals surface area contributed by atoms with Crippen LogP contribution >= 0.6 is 11.8 Å². The van der Waals surface area contributed by atoms with Crippen LogP contribution in [0.15, 0.2) is 53.4 Å². The minimum Gasteiger partial charge on any atom is -0.341 e. The molecule has 0 radical (unpaired) electrons. The molecule has 0 unspecified atom stereocenters. The maximum absolute atomic E-state index is 13.4. The van der Waals surface area contributed by atoms with Crippen LogP contribution in [-0.4, -0.2) is 47.5 Å². The summed E-state index contributed by atoms with van der Waals surface area (Å²) in [6.07, 6.45) is 4.16. The number of para-hydroxylation sites is 1. The van der Waals surface area contributed by atoms with E-state index in [9.17, 15) is 14.4 Å². The topological polar surface area (TPSA) is 69.7 Å². The summed E-state index contributed by atoms with van der Waals surface area (Å²) in [7, 11) is 0. The van der Waals surface area contributed by atoms with Gasteiger partial charge in [-0.15, -0.1) is 11.8 Å². The van der Waals surface area contributed by atoms with Gasteiger partial charge in [0.25, 0.3) is 5.91 Å². The van der Waals surface area contributed by atoms with Crippen molar-refractivity contribution in [3.05, 3.63) is 54.1 Å². The zero-order chi connectivity index (χ0) is 23.4. The van der Waals surface area contributed by atoms with Crippen LogP contribution in [0.5, 0.6) is 0 Å². The summed E-state index contributed by atoms with van der Waals surface area (Å²) in [6, 6.07) is 15.2. The largest absolute Gasteiger partial charge is 0.341 e. The van der Waals surface area contributed by atoms with Crippen molar-refractivity contribution in [1.82, 2.24) is 4.90 Å². The predicted octanol–water partition coefficient (Wildman–Crippen LogP) is 4.66. The molecule has 33 heavy (non-hydrogen) atoms. The van der Waals surface area contributed by atoms with Crippen molar-refractivity contribution in [2.75, 3.05) is 29.9 Å². The molecule has 0 bridgehead atoms. The fourth-order valence-corrected chi connectivity index (χ4v) is 5.48. The molecule has 0 aliphatic carbocycles. The summed E-state index contributed by atoms with van der Waals surface area (Å²) in [5.41, 5.74) is 2.56. The number of carbonyl (C=O) groups excluding carboxylic acids is 3. The second-order valence-electron chi connectivity index (χ2n) is 8.95. The van der Waals surface area contributed by atoms with Gasteiger partial charge in [-0.3, -0.25) is 14.4 Å². The van der Waals surface area contributed by atoms with Gasteiger partial charge >= 0.3 is 0 Å². The number of amides is 3. The molecule has 7 heteroatoms. The molecule has 174 valence electrons. The highest BCUT2D eigenvalue weighted by Gasteiger charge is 2.40. The van der Waals surface area contributed by atoms with E-state index in [0.29, 0.717) is 30.4 Å². The number of thioether (sulfide) groups is 1. The molecule has 1 saturated heterocycles. The number of benzene rings is 2. The van der Waals surface area contributed by atoms with E-state index in [-0.39, 0.29) is 24.3 Å². The fourth-order valence-electron chi connectivity index (χ4n) is 4.29. The van der Waals surface area contributed by atoms with E-state index in [1.807, 2.05) is 53.4 Å². The van der Waals surface area contributed by atoms with Gasteiger partial charge in [-0.05, 0) is 48.6 Å². The molecule has 1 fully saturated rings. The predicted molar refractivity (Wildman–Crippen MR) is 133 cm³/mol. The first-order valence-corrected chi connectivity index (χ1v) is 12.6. The van der Waals surface area contributed by atoms with E-state index >= 15 is 0 Å². The van der Waals surface area contributed by atoms with E-state index in [0.717, 1.165) is 30.6 Å². The average molecular weight is 466 g/mol. The second-order valence-corrected chi connectivity index (χ2v) is 10.1. The zero-order valence-corrected chi connectivity index (χ0v) is 20.1. The van der Waals surface area contributed by atoms with Crippen molar-refractivity contribution in [3.63, 3.8) is 0 Å². The molecule has 1 N–H and O–H groups in total. The number of hydrogen-bond acceptors (Lipinski definition) is 4. The van der Waals surface area contributed by atoms with Crippen molar-refractivity contribution in [1.29, 1.82) is 0 Å². The van der Waals surface area contributed by atoms with E-state index in [1.165, 1.54) is 22.2 Å². The van der Waals surface area contributed by atoms with Crippen molar-refractivity contribution in [2.45, 2.75) is 55.6 Å². The quantitative estimate of drug-likeness (QED) is 0.652. The lowest BCUT2D eigenvalue weighted by Crippen LogP contribution is -2.51. The normalized spacial score (nSPS) is 18.6. The maximum atomic E-state index is 13.4. The molecule has 2 aromatic carbocycles. The number of likely N-dealkylation sites (tertiary alicyclic amines) is 1. The van der Waals surface area contributed by atoms with Gasteiger partial charge in [-0.2, -0.15) is 0 Å². The Balaban J connectivity index is 1.51.